The molecule has 3 heteroatoms. The van der Waals surface area contributed by atoms with Crippen LogP contribution in [-0.2, 0) is 4.74 Å². The Morgan fingerprint density at radius 2 is 1.88 bits per heavy atom. The van der Waals surface area contributed by atoms with Crippen molar-refractivity contribution in [2.45, 2.75) is 32.3 Å². The zero-order chi connectivity index (χ0) is 17.8. The van der Waals surface area contributed by atoms with E-state index >= 15 is 0 Å². The maximum absolute atomic E-state index is 12.5. The maximum Gasteiger partial charge on any atom is 0.410 e. The summed E-state index contributed by atoms with van der Waals surface area (Å²) in [5, 5.41) is 2.20. The van der Waals surface area contributed by atoms with Gasteiger partial charge in [0.05, 0.1) is 0 Å². The molecule has 25 heavy (non-hydrogen) atoms. The summed E-state index contributed by atoms with van der Waals surface area (Å²) in [6.07, 6.45) is 6.36. The molecule has 0 aliphatic carbocycles. The quantitative estimate of drug-likeness (QED) is 0.705. The van der Waals surface area contributed by atoms with E-state index in [1.807, 2.05) is 36.1 Å². The number of rotatable bonds is 4. The molecule has 3 nitrogen and oxygen atoms in total. The summed E-state index contributed by atoms with van der Waals surface area (Å²) in [6, 6.07) is 10.2. The van der Waals surface area contributed by atoms with Crippen LogP contribution in [0.4, 0.5) is 4.79 Å². The van der Waals surface area contributed by atoms with Crippen molar-refractivity contribution in [1.29, 1.82) is 0 Å². The number of benzene rings is 2. The minimum atomic E-state index is -0.354. The van der Waals surface area contributed by atoms with Gasteiger partial charge < -0.3 is 9.64 Å². The minimum absolute atomic E-state index is 0.227. The number of ether oxygens (including phenoxy) is 1. The fourth-order valence-corrected chi connectivity index (χ4v) is 3.61. The molecular formula is C22H25NO2. The maximum atomic E-state index is 12.5. The first-order valence-electron chi connectivity index (χ1n) is 8.91. The second kappa shape index (κ2) is 7.56. The summed E-state index contributed by atoms with van der Waals surface area (Å²) in [5.74, 6) is 0. The summed E-state index contributed by atoms with van der Waals surface area (Å²) in [7, 11) is 0. The van der Waals surface area contributed by atoms with Crippen LogP contribution in [0, 0.1) is 0 Å². The molecule has 0 radical (unpaired) electrons. The molecule has 0 N–H and O–H groups in total. The van der Waals surface area contributed by atoms with Gasteiger partial charge in [-0.2, -0.15) is 0 Å². The standard InChI is InChI=1S/C22H25NO2/c1-4-17-15-18-11-7-8-12-20(18)21(19(17)5-2)16(3)25-22(24)23-13-9-6-10-14-23/h4-5,7-8,11-12,15-16H,1-2,6,9-10,13-14H2,3H3. The molecule has 0 spiro atoms. The lowest BCUT2D eigenvalue weighted by Gasteiger charge is -2.28. The highest BCUT2D eigenvalue weighted by Gasteiger charge is 2.23. The van der Waals surface area contributed by atoms with E-state index in [9.17, 15) is 4.79 Å². The summed E-state index contributed by atoms with van der Waals surface area (Å²) >= 11 is 0. The van der Waals surface area contributed by atoms with E-state index in [-0.39, 0.29) is 12.2 Å². The Morgan fingerprint density at radius 1 is 1.16 bits per heavy atom. The predicted molar refractivity (Wildman–Crippen MR) is 104 cm³/mol. The molecule has 1 aliphatic heterocycles. The number of likely N-dealkylation sites (tertiary alicyclic amines) is 1. The van der Waals surface area contributed by atoms with Gasteiger partial charge in [-0.25, -0.2) is 4.79 Å². The zero-order valence-corrected chi connectivity index (χ0v) is 14.8. The number of hydrogen-bond donors (Lipinski definition) is 0. The summed E-state index contributed by atoms with van der Waals surface area (Å²) in [5.41, 5.74) is 2.98. The third kappa shape index (κ3) is 3.46. The Kier molecular flexibility index (Phi) is 5.22. The van der Waals surface area contributed by atoms with Crippen LogP contribution >= 0.6 is 0 Å². The Bertz CT molecular complexity index is 803. The Hall–Kier alpha value is -2.55. The SMILES string of the molecule is C=Cc1cc2ccccc2c(C(C)OC(=O)N2CCCCC2)c1C=C. The Balaban J connectivity index is 1.99. The van der Waals surface area contributed by atoms with E-state index in [1.165, 1.54) is 6.42 Å². The molecule has 1 aliphatic rings. The third-order valence-electron chi connectivity index (χ3n) is 4.89. The second-order valence-corrected chi connectivity index (χ2v) is 6.50. The van der Waals surface area contributed by atoms with Gasteiger partial charge in [-0.15, -0.1) is 0 Å². The van der Waals surface area contributed by atoms with E-state index in [4.69, 9.17) is 4.74 Å². The van der Waals surface area contributed by atoms with Gasteiger partial charge in [0.2, 0.25) is 0 Å². The molecule has 1 atom stereocenters. The molecule has 1 heterocycles. The highest BCUT2D eigenvalue weighted by molar-refractivity contribution is 5.92. The monoisotopic (exact) mass is 335 g/mol. The Morgan fingerprint density at radius 3 is 2.56 bits per heavy atom. The first-order chi connectivity index (χ1) is 12.2. The molecule has 3 rings (SSSR count). The van der Waals surface area contributed by atoms with Crippen molar-refractivity contribution in [2.24, 2.45) is 0 Å². The molecule has 2 aromatic carbocycles. The molecular weight excluding hydrogens is 310 g/mol. The largest absolute Gasteiger partial charge is 0.441 e. The van der Waals surface area contributed by atoms with E-state index in [2.05, 4.69) is 31.4 Å². The normalized spacial score (nSPS) is 15.6. The van der Waals surface area contributed by atoms with Crippen LogP contribution in [0.15, 0.2) is 43.5 Å². The Labute approximate surface area is 149 Å². The van der Waals surface area contributed by atoms with Crippen molar-refractivity contribution in [3.05, 3.63) is 60.2 Å². The van der Waals surface area contributed by atoms with Crippen LogP contribution in [0.25, 0.3) is 22.9 Å². The summed E-state index contributed by atoms with van der Waals surface area (Å²) in [6.45, 7) is 11.4. The molecule has 0 bridgehead atoms. The summed E-state index contributed by atoms with van der Waals surface area (Å²) < 4.78 is 5.83. The zero-order valence-electron chi connectivity index (χ0n) is 14.8. The predicted octanol–water partition coefficient (Wildman–Crippen LogP) is 5.81. The van der Waals surface area contributed by atoms with Gasteiger partial charge in [-0.3, -0.25) is 0 Å². The van der Waals surface area contributed by atoms with Gasteiger partial charge in [0.1, 0.15) is 6.10 Å². The molecule has 1 unspecified atom stereocenters. The van der Waals surface area contributed by atoms with E-state index in [0.717, 1.165) is 53.4 Å². The molecule has 130 valence electrons. The lowest BCUT2D eigenvalue weighted by Crippen LogP contribution is -2.36. The average molecular weight is 335 g/mol. The van der Waals surface area contributed by atoms with E-state index < -0.39 is 0 Å². The van der Waals surface area contributed by atoms with Crippen LogP contribution in [0.3, 0.4) is 0 Å². The van der Waals surface area contributed by atoms with Crippen molar-refractivity contribution >= 4 is 29.0 Å². The average Bonchev–Trinajstić information content (AvgIpc) is 2.66. The molecule has 1 fully saturated rings. The van der Waals surface area contributed by atoms with Crippen molar-refractivity contribution in [3.63, 3.8) is 0 Å². The first-order valence-corrected chi connectivity index (χ1v) is 8.91. The van der Waals surface area contributed by atoms with Gasteiger partial charge in [0.25, 0.3) is 0 Å². The summed E-state index contributed by atoms with van der Waals surface area (Å²) in [4.78, 5) is 14.3. The fourth-order valence-electron chi connectivity index (χ4n) is 3.61. The van der Waals surface area contributed by atoms with Crippen LogP contribution in [0.2, 0.25) is 0 Å². The fraction of sp³-hybridized carbons (Fsp3) is 0.318. The van der Waals surface area contributed by atoms with Crippen molar-refractivity contribution in [1.82, 2.24) is 4.90 Å². The van der Waals surface area contributed by atoms with Gasteiger partial charge in [0, 0.05) is 18.7 Å². The van der Waals surface area contributed by atoms with Crippen molar-refractivity contribution in [2.75, 3.05) is 13.1 Å². The van der Waals surface area contributed by atoms with Crippen LogP contribution < -0.4 is 0 Å². The van der Waals surface area contributed by atoms with Crippen LogP contribution in [0.5, 0.6) is 0 Å². The number of piperidine rings is 1. The smallest absolute Gasteiger partial charge is 0.410 e. The second-order valence-electron chi connectivity index (χ2n) is 6.50. The van der Waals surface area contributed by atoms with Gasteiger partial charge in [-0.1, -0.05) is 49.6 Å². The highest BCUT2D eigenvalue weighted by atomic mass is 16.6. The lowest BCUT2D eigenvalue weighted by atomic mass is 9.91. The molecule has 1 amide bonds. The van der Waals surface area contributed by atoms with Gasteiger partial charge in [-0.05, 0) is 54.2 Å². The topological polar surface area (TPSA) is 29.5 Å². The molecule has 1 saturated heterocycles. The van der Waals surface area contributed by atoms with Gasteiger partial charge >= 0.3 is 6.09 Å². The minimum Gasteiger partial charge on any atom is -0.441 e. The first kappa shape index (κ1) is 17.3. The molecule has 0 saturated carbocycles. The lowest BCUT2D eigenvalue weighted by molar-refractivity contribution is 0.0647. The van der Waals surface area contributed by atoms with Crippen LogP contribution in [-0.4, -0.2) is 24.1 Å². The number of carbonyl (C=O) groups is 1. The number of carbonyl (C=O) groups excluding carboxylic acids is 1. The van der Waals surface area contributed by atoms with Gasteiger partial charge in [0.15, 0.2) is 0 Å². The third-order valence-corrected chi connectivity index (χ3v) is 4.89. The number of amides is 1. The van der Waals surface area contributed by atoms with E-state index in [0.29, 0.717) is 0 Å². The number of fused-ring (bicyclic) bond motifs is 1. The number of hydrogen-bond acceptors (Lipinski definition) is 2. The molecule has 2 aromatic rings. The number of nitrogens with zero attached hydrogens (tertiary/aromatic N) is 1. The highest BCUT2D eigenvalue weighted by Crippen LogP contribution is 2.34. The van der Waals surface area contributed by atoms with E-state index in [1.54, 1.807) is 0 Å². The van der Waals surface area contributed by atoms with Crippen molar-refractivity contribution in [3.8, 4) is 0 Å². The molecule has 0 aromatic heterocycles. The van der Waals surface area contributed by atoms with Crippen LogP contribution in [0.1, 0.15) is 49.0 Å². The van der Waals surface area contributed by atoms with Crippen molar-refractivity contribution < 1.29 is 9.53 Å².